The van der Waals surface area contributed by atoms with Crippen molar-refractivity contribution < 1.29 is 13.9 Å². The van der Waals surface area contributed by atoms with Crippen LogP contribution in [0, 0.1) is 5.82 Å². The van der Waals surface area contributed by atoms with Crippen molar-refractivity contribution in [3.05, 3.63) is 65.9 Å². The van der Waals surface area contributed by atoms with Crippen LogP contribution >= 0.6 is 24.8 Å². The second-order valence-electron chi connectivity index (χ2n) is 7.70. The lowest BCUT2D eigenvalue weighted by atomic mass is 9.89. The summed E-state index contributed by atoms with van der Waals surface area (Å²) in [5, 5.41) is 0. The molecule has 0 amide bonds. The van der Waals surface area contributed by atoms with Gasteiger partial charge in [0.25, 0.3) is 0 Å². The molecule has 172 valence electrons. The fraction of sp³-hybridized carbons (Fsp3) is 0.333. The number of pyridine rings is 1. The lowest BCUT2D eigenvalue weighted by molar-refractivity contribution is 0.0525. The van der Waals surface area contributed by atoms with Gasteiger partial charge < -0.3 is 14.6 Å². The van der Waals surface area contributed by atoms with Gasteiger partial charge in [-0.3, -0.25) is 4.98 Å². The Balaban J connectivity index is 0.00000181. The zero-order valence-electron chi connectivity index (χ0n) is 18.1. The van der Waals surface area contributed by atoms with Crippen LogP contribution in [0.2, 0.25) is 0 Å². The molecule has 0 spiro atoms. The lowest BCUT2D eigenvalue weighted by Crippen LogP contribution is -2.30. The first-order chi connectivity index (χ1) is 14.6. The number of aromatic nitrogens is 2. The summed E-state index contributed by atoms with van der Waals surface area (Å²) in [5.74, 6) is -0.393. The Hall–Kier alpha value is -2.41. The maximum atomic E-state index is 13.6. The van der Waals surface area contributed by atoms with Crippen molar-refractivity contribution in [3.8, 4) is 22.4 Å². The molecule has 0 radical (unpaired) electrons. The Bertz CT molecular complexity index is 1020. The molecule has 1 fully saturated rings. The van der Waals surface area contributed by atoms with Gasteiger partial charge in [-0.25, -0.2) is 9.18 Å². The van der Waals surface area contributed by atoms with Gasteiger partial charge in [-0.2, -0.15) is 0 Å². The largest absolute Gasteiger partial charge is 0.462 e. The minimum absolute atomic E-state index is 0. The van der Waals surface area contributed by atoms with E-state index in [1.54, 1.807) is 24.5 Å². The number of nitrogens with one attached hydrogen (secondary N) is 1. The molecule has 8 heteroatoms. The van der Waals surface area contributed by atoms with Gasteiger partial charge >= 0.3 is 5.97 Å². The monoisotopic (exact) mass is 479 g/mol. The molecule has 1 saturated heterocycles. The number of H-pyrrole nitrogens is 1. The highest BCUT2D eigenvalue weighted by Gasteiger charge is 2.31. The number of hydrogen-bond donors (Lipinski definition) is 1. The molecule has 0 atom stereocenters. The number of ether oxygens (including phenoxy) is 1. The van der Waals surface area contributed by atoms with E-state index in [0.29, 0.717) is 12.2 Å². The van der Waals surface area contributed by atoms with Crippen LogP contribution in [0.1, 0.15) is 41.7 Å². The highest BCUT2D eigenvalue weighted by molar-refractivity contribution is 6.03. The molecule has 0 unspecified atom stereocenters. The van der Waals surface area contributed by atoms with E-state index in [1.807, 2.05) is 19.1 Å². The van der Waals surface area contributed by atoms with E-state index in [2.05, 4.69) is 21.9 Å². The van der Waals surface area contributed by atoms with Gasteiger partial charge in [0.2, 0.25) is 0 Å². The van der Waals surface area contributed by atoms with Crippen molar-refractivity contribution >= 4 is 30.8 Å². The highest BCUT2D eigenvalue weighted by atomic mass is 35.5. The first-order valence-electron chi connectivity index (χ1n) is 10.4. The number of likely N-dealkylation sites (tertiary alicyclic amines) is 1. The molecule has 1 N–H and O–H groups in total. The second-order valence-corrected chi connectivity index (χ2v) is 7.70. The zero-order chi connectivity index (χ0) is 21.1. The summed E-state index contributed by atoms with van der Waals surface area (Å²) in [6.07, 6.45) is 5.34. The summed E-state index contributed by atoms with van der Waals surface area (Å²) < 4.78 is 19.0. The number of esters is 1. The number of nitrogens with zero attached hydrogens (tertiary/aromatic N) is 2. The topological polar surface area (TPSA) is 58.2 Å². The summed E-state index contributed by atoms with van der Waals surface area (Å²) >= 11 is 0. The van der Waals surface area contributed by atoms with Gasteiger partial charge in [-0.1, -0.05) is 0 Å². The zero-order valence-corrected chi connectivity index (χ0v) is 19.8. The van der Waals surface area contributed by atoms with Crippen LogP contribution in [0.4, 0.5) is 4.39 Å². The predicted octanol–water partition coefficient (Wildman–Crippen LogP) is 5.71. The van der Waals surface area contributed by atoms with Crippen molar-refractivity contribution in [2.24, 2.45) is 0 Å². The first-order valence-corrected chi connectivity index (χ1v) is 10.4. The second kappa shape index (κ2) is 11.5. The molecule has 4 rings (SSSR count). The van der Waals surface area contributed by atoms with Crippen LogP contribution in [0.3, 0.4) is 0 Å². The summed E-state index contributed by atoms with van der Waals surface area (Å²) in [5.41, 5.74) is 4.79. The Morgan fingerprint density at radius 1 is 1.09 bits per heavy atom. The SMILES string of the molecule is CCOC(=O)c1c(C2CCN(C)CC2)[nH]c(-c2ccc(F)cc2)c1-c1ccncc1.Cl.Cl. The number of aromatic amines is 1. The Kier molecular flexibility index (Phi) is 9.25. The normalized spacial score (nSPS) is 14.3. The fourth-order valence-corrected chi connectivity index (χ4v) is 4.18. The fourth-order valence-electron chi connectivity index (χ4n) is 4.18. The molecule has 3 aromatic rings. The molecule has 0 saturated carbocycles. The van der Waals surface area contributed by atoms with Gasteiger partial charge in [-0.15, -0.1) is 24.8 Å². The molecule has 1 aliphatic rings. The van der Waals surface area contributed by atoms with Crippen LogP contribution in [0.15, 0.2) is 48.8 Å². The van der Waals surface area contributed by atoms with Crippen molar-refractivity contribution in [1.82, 2.24) is 14.9 Å². The number of rotatable bonds is 5. The van der Waals surface area contributed by atoms with E-state index in [9.17, 15) is 9.18 Å². The number of piperidine rings is 1. The van der Waals surface area contributed by atoms with Gasteiger partial charge in [0, 0.05) is 29.6 Å². The first kappa shape index (κ1) is 25.8. The lowest BCUT2D eigenvalue weighted by Gasteiger charge is -2.29. The van der Waals surface area contributed by atoms with E-state index < -0.39 is 0 Å². The van der Waals surface area contributed by atoms with Gasteiger partial charge in [0.15, 0.2) is 0 Å². The maximum absolute atomic E-state index is 13.6. The molecular weight excluding hydrogens is 452 g/mol. The van der Waals surface area contributed by atoms with E-state index in [-0.39, 0.29) is 42.5 Å². The molecule has 5 nitrogen and oxygen atoms in total. The minimum Gasteiger partial charge on any atom is -0.462 e. The summed E-state index contributed by atoms with van der Waals surface area (Å²) in [7, 11) is 2.11. The third kappa shape index (κ3) is 5.31. The van der Waals surface area contributed by atoms with E-state index in [1.165, 1.54) is 12.1 Å². The number of carbonyl (C=O) groups excluding carboxylic acids is 1. The Labute approximate surface area is 200 Å². The summed E-state index contributed by atoms with van der Waals surface area (Å²) in [6, 6.07) is 10.1. The van der Waals surface area contributed by atoms with Crippen molar-refractivity contribution in [2.75, 3.05) is 26.7 Å². The van der Waals surface area contributed by atoms with Gasteiger partial charge in [0.1, 0.15) is 5.82 Å². The molecule has 32 heavy (non-hydrogen) atoms. The molecule has 0 bridgehead atoms. The third-order valence-corrected chi connectivity index (χ3v) is 5.74. The number of hydrogen-bond acceptors (Lipinski definition) is 4. The van der Waals surface area contributed by atoms with Gasteiger partial charge in [-0.05, 0) is 87.4 Å². The molecule has 0 aliphatic carbocycles. The molecule has 1 aromatic carbocycles. The number of halogens is 3. The average molecular weight is 480 g/mol. The minimum atomic E-state index is -0.331. The van der Waals surface area contributed by atoms with Crippen LogP contribution in [-0.4, -0.2) is 47.6 Å². The average Bonchev–Trinajstić information content (AvgIpc) is 3.16. The molecule has 2 aromatic heterocycles. The summed E-state index contributed by atoms with van der Waals surface area (Å²) in [4.78, 5) is 23.1. The maximum Gasteiger partial charge on any atom is 0.340 e. The van der Waals surface area contributed by atoms with E-state index in [0.717, 1.165) is 54.0 Å². The third-order valence-electron chi connectivity index (χ3n) is 5.74. The van der Waals surface area contributed by atoms with Crippen LogP contribution in [-0.2, 0) is 4.74 Å². The smallest absolute Gasteiger partial charge is 0.340 e. The van der Waals surface area contributed by atoms with E-state index in [4.69, 9.17) is 4.74 Å². The van der Waals surface area contributed by atoms with Crippen molar-refractivity contribution in [1.29, 1.82) is 0 Å². The quantitative estimate of drug-likeness (QED) is 0.475. The standard InChI is InChI=1S/C24H26FN3O2.2ClH/c1-3-30-24(29)21-20(16-8-12-26-13-9-16)22(17-4-6-19(25)7-5-17)27-23(21)18-10-14-28(2)15-11-18;;/h4-9,12-13,18,27H,3,10-11,14-15H2,1-2H3;2*1H. The number of carbonyl (C=O) groups is 1. The van der Waals surface area contributed by atoms with Crippen LogP contribution in [0.25, 0.3) is 22.4 Å². The predicted molar refractivity (Wildman–Crippen MR) is 129 cm³/mol. The van der Waals surface area contributed by atoms with Crippen LogP contribution < -0.4 is 0 Å². The Morgan fingerprint density at radius 2 is 1.72 bits per heavy atom. The van der Waals surface area contributed by atoms with E-state index >= 15 is 0 Å². The van der Waals surface area contributed by atoms with Crippen molar-refractivity contribution in [2.45, 2.75) is 25.7 Å². The Morgan fingerprint density at radius 3 is 2.31 bits per heavy atom. The van der Waals surface area contributed by atoms with Crippen LogP contribution in [0.5, 0.6) is 0 Å². The summed E-state index contributed by atoms with van der Waals surface area (Å²) in [6.45, 7) is 4.07. The molecule has 3 heterocycles. The molecular formula is C24H28Cl2FN3O2. The van der Waals surface area contributed by atoms with Gasteiger partial charge in [0.05, 0.1) is 17.9 Å². The molecule has 1 aliphatic heterocycles. The highest BCUT2D eigenvalue weighted by Crippen LogP contribution is 2.41. The van der Waals surface area contributed by atoms with Crippen molar-refractivity contribution in [3.63, 3.8) is 0 Å². The number of benzene rings is 1.